The molecule has 2 atom stereocenters. The fourth-order valence-electron chi connectivity index (χ4n) is 5.94. The van der Waals surface area contributed by atoms with Crippen molar-refractivity contribution in [2.75, 3.05) is 24.5 Å². The van der Waals surface area contributed by atoms with Gasteiger partial charge in [0.1, 0.15) is 11.9 Å². The zero-order valence-electron chi connectivity index (χ0n) is 22.6. The summed E-state index contributed by atoms with van der Waals surface area (Å²) in [5.41, 5.74) is 6.85. The molecule has 3 aliphatic rings. The van der Waals surface area contributed by atoms with E-state index in [-0.39, 0.29) is 0 Å². The Kier molecular flexibility index (Phi) is 6.07. The highest BCUT2D eigenvalue weighted by molar-refractivity contribution is 5.87. The second kappa shape index (κ2) is 10.1. The van der Waals surface area contributed by atoms with E-state index >= 15 is 0 Å². The van der Waals surface area contributed by atoms with Crippen molar-refractivity contribution in [3.63, 3.8) is 0 Å². The van der Waals surface area contributed by atoms with E-state index in [1.54, 1.807) is 21.6 Å². The summed E-state index contributed by atoms with van der Waals surface area (Å²) < 4.78 is 3.55. The van der Waals surface area contributed by atoms with Gasteiger partial charge in [0.25, 0.3) is 0 Å². The first-order valence-electron chi connectivity index (χ1n) is 13.6. The van der Waals surface area contributed by atoms with Gasteiger partial charge in [0.05, 0.1) is 29.2 Å². The van der Waals surface area contributed by atoms with Gasteiger partial charge in [-0.15, -0.1) is 6.42 Å². The third-order valence-electron chi connectivity index (χ3n) is 8.06. The van der Waals surface area contributed by atoms with Gasteiger partial charge in [-0.25, -0.2) is 9.50 Å². The highest BCUT2D eigenvalue weighted by Gasteiger charge is 2.44. The molecule has 0 amide bonds. The Bertz CT molecular complexity index is 1840. The van der Waals surface area contributed by atoms with Gasteiger partial charge in [-0.1, -0.05) is 12.0 Å². The van der Waals surface area contributed by atoms with Gasteiger partial charge in [-0.2, -0.15) is 15.5 Å². The van der Waals surface area contributed by atoms with Crippen LogP contribution < -0.4 is 4.90 Å². The number of anilines is 1. The van der Waals surface area contributed by atoms with Gasteiger partial charge >= 0.3 is 0 Å². The molecular formula is C32H27N9. The standard InChI is InChI=1S/C32H27N9/c1-3-22-6-8-27(34-14-22)5-4-10-40-28-12-29(40)21-39(20-28)31-9-7-23(15-35-31)30-11-24(26-17-36-38(2)18-26)19-41-32(30)25(13-33)16-37-41/h1,4-9,11,14-19,28-29H,10,12,20-21H2,2H3/b5-4+. The van der Waals surface area contributed by atoms with Crippen molar-refractivity contribution in [3.8, 4) is 40.7 Å². The summed E-state index contributed by atoms with van der Waals surface area (Å²) >= 11 is 0. The van der Waals surface area contributed by atoms with Crippen LogP contribution in [0.1, 0.15) is 23.2 Å². The monoisotopic (exact) mass is 537 g/mol. The number of aryl methyl sites for hydroxylation is 1. The summed E-state index contributed by atoms with van der Waals surface area (Å²) in [6.45, 7) is 2.81. The van der Waals surface area contributed by atoms with Crippen molar-refractivity contribution >= 4 is 17.4 Å². The fraction of sp³-hybridized carbons (Fsp3) is 0.219. The van der Waals surface area contributed by atoms with Crippen LogP contribution in [0.15, 0.2) is 73.6 Å². The van der Waals surface area contributed by atoms with E-state index in [0.29, 0.717) is 17.6 Å². The third kappa shape index (κ3) is 4.53. The Balaban J connectivity index is 1.08. The van der Waals surface area contributed by atoms with Crippen LogP contribution in [0.5, 0.6) is 0 Å². The first-order chi connectivity index (χ1) is 20.1. The van der Waals surface area contributed by atoms with E-state index in [0.717, 1.165) is 64.5 Å². The molecule has 5 aromatic rings. The molecule has 0 N–H and O–H groups in total. The van der Waals surface area contributed by atoms with Gasteiger partial charge in [0.15, 0.2) is 0 Å². The quantitative estimate of drug-likeness (QED) is 0.302. The first kappa shape index (κ1) is 24.8. The zero-order valence-corrected chi connectivity index (χ0v) is 22.6. The summed E-state index contributed by atoms with van der Waals surface area (Å²) in [6.07, 6.45) is 21.9. The molecule has 2 unspecified atom stereocenters. The van der Waals surface area contributed by atoms with Crippen LogP contribution in [-0.2, 0) is 7.05 Å². The number of piperidine rings is 1. The molecule has 0 saturated carbocycles. The van der Waals surface area contributed by atoms with Crippen molar-refractivity contribution in [1.29, 1.82) is 5.26 Å². The highest BCUT2D eigenvalue weighted by atomic mass is 15.4. The van der Waals surface area contributed by atoms with Gasteiger partial charge < -0.3 is 4.90 Å². The molecule has 0 spiro atoms. The summed E-state index contributed by atoms with van der Waals surface area (Å²) in [5, 5.41) is 18.5. The average Bonchev–Trinajstić information content (AvgIpc) is 3.65. The summed E-state index contributed by atoms with van der Waals surface area (Å²) in [6, 6.07) is 13.4. The molecule has 3 aliphatic heterocycles. The second-order valence-corrected chi connectivity index (χ2v) is 10.6. The molecule has 2 bridgehead atoms. The lowest BCUT2D eigenvalue weighted by Gasteiger charge is -2.56. The van der Waals surface area contributed by atoms with Gasteiger partial charge in [0.2, 0.25) is 0 Å². The topological polar surface area (TPSA) is 91.2 Å². The molecule has 9 nitrogen and oxygen atoms in total. The van der Waals surface area contributed by atoms with E-state index < -0.39 is 0 Å². The Hall–Kier alpha value is -5.25. The fourth-order valence-corrected chi connectivity index (χ4v) is 5.94. The molecule has 0 radical (unpaired) electrons. The van der Waals surface area contributed by atoms with E-state index in [1.165, 1.54) is 6.42 Å². The maximum Gasteiger partial charge on any atom is 0.128 e. The summed E-state index contributed by atoms with van der Waals surface area (Å²) in [5.74, 6) is 3.58. The van der Waals surface area contributed by atoms with Crippen LogP contribution >= 0.6 is 0 Å². The van der Waals surface area contributed by atoms with Crippen molar-refractivity contribution in [3.05, 3.63) is 90.4 Å². The molecule has 5 aromatic heterocycles. The minimum absolute atomic E-state index is 0.512. The summed E-state index contributed by atoms with van der Waals surface area (Å²) in [7, 11) is 1.90. The minimum Gasteiger partial charge on any atom is -0.353 e. The Morgan fingerprint density at radius 1 is 0.976 bits per heavy atom. The number of nitrogens with zero attached hydrogens (tertiary/aromatic N) is 9. The van der Waals surface area contributed by atoms with Crippen molar-refractivity contribution < 1.29 is 0 Å². The lowest BCUT2D eigenvalue weighted by molar-refractivity contribution is 0.0107. The first-order valence-corrected chi connectivity index (χ1v) is 13.6. The van der Waals surface area contributed by atoms with Crippen molar-refractivity contribution in [2.24, 2.45) is 7.05 Å². The number of piperazine rings is 1. The largest absolute Gasteiger partial charge is 0.353 e. The van der Waals surface area contributed by atoms with Crippen molar-refractivity contribution in [2.45, 2.75) is 18.5 Å². The Labute approximate surface area is 238 Å². The van der Waals surface area contributed by atoms with E-state index in [4.69, 9.17) is 11.4 Å². The van der Waals surface area contributed by atoms with Crippen LogP contribution in [0.2, 0.25) is 0 Å². The number of fused-ring (bicyclic) bond motifs is 3. The lowest BCUT2D eigenvalue weighted by atomic mass is 9.87. The smallest absolute Gasteiger partial charge is 0.128 e. The molecule has 8 rings (SSSR count). The average molecular weight is 538 g/mol. The van der Waals surface area contributed by atoms with Gasteiger partial charge in [-0.05, 0) is 42.8 Å². The predicted octanol–water partition coefficient (Wildman–Crippen LogP) is 4.02. The van der Waals surface area contributed by atoms with Gasteiger partial charge in [0, 0.05) is 91.4 Å². The molecule has 9 heteroatoms. The van der Waals surface area contributed by atoms with Crippen LogP contribution in [0.4, 0.5) is 5.82 Å². The van der Waals surface area contributed by atoms with E-state index in [2.05, 4.69) is 67.3 Å². The number of terminal acetylenes is 1. The maximum atomic E-state index is 9.72. The number of nitriles is 1. The molecule has 0 aromatic carbocycles. The van der Waals surface area contributed by atoms with Crippen LogP contribution in [0.3, 0.4) is 0 Å². The number of hydrogen-bond acceptors (Lipinski definition) is 7. The number of hydrogen-bond donors (Lipinski definition) is 0. The zero-order chi connectivity index (χ0) is 27.9. The normalized spacial score (nSPS) is 18.4. The number of rotatable bonds is 6. The van der Waals surface area contributed by atoms with Gasteiger partial charge in [-0.3, -0.25) is 14.6 Å². The summed E-state index contributed by atoms with van der Waals surface area (Å²) in [4.78, 5) is 14.2. The van der Waals surface area contributed by atoms with E-state index in [1.807, 2.05) is 44.0 Å². The predicted molar refractivity (Wildman–Crippen MR) is 158 cm³/mol. The highest BCUT2D eigenvalue weighted by Crippen LogP contribution is 2.36. The molecule has 0 aliphatic carbocycles. The third-order valence-corrected chi connectivity index (χ3v) is 8.06. The molecule has 3 fully saturated rings. The van der Waals surface area contributed by atoms with Crippen LogP contribution in [0, 0.1) is 23.7 Å². The van der Waals surface area contributed by atoms with E-state index in [9.17, 15) is 5.26 Å². The maximum absolute atomic E-state index is 9.72. The van der Waals surface area contributed by atoms with Crippen molar-refractivity contribution in [1.82, 2.24) is 34.3 Å². The Morgan fingerprint density at radius 2 is 1.85 bits per heavy atom. The van der Waals surface area contributed by atoms with Crippen LogP contribution in [0.25, 0.3) is 33.8 Å². The molecule has 8 heterocycles. The lowest BCUT2D eigenvalue weighted by Crippen LogP contribution is -2.68. The van der Waals surface area contributed by atoms with Crippen LogP contribution in [-0.4, -0.2) is 66.0 Å². The molecule has 3 saturated heterocycles. The second-order valence-electron chi connectivity index (χ2n) is 10.6. The molecule has 200 valence electrons. The molecular weight excluding hydrogens is 510 g/mol. The minimum atomic E-state index is 0.512. The number of aromatic nitrogens is 6. The SMILES string of the molecule is C#Cc1ccc(/C=C/CN2C3CC2CN(c2ccc(-c4cc(-c5cnn(C)c5)cn5ncc(C#N)c45)cn2)C3)nc1. The molecule has 41 heavy (non-hydrogen) atoms. The number of pyridine rings is 3. The Morgan fingerprint density at radius 3 is 2.54 bits per heavy atom.